The molecule has 0 aliphatic heterocycles. The predicted octanol–water partition coefficient (Wildman–Crippen LogP) is 2.95. The molecule has 1 nitrogen and oxygen atoms in total. The molecule has 1 atom stereocenters. The Bertz CT molecular complexity index is 303. The minimum absolute atomic E-state index is 0.474. The van der Waals surface area contributed by atoms with E-state index in [0.717, 1.165) is 6.07 Å². The van der Waals surface area contributed by atoms with E-state index in [4.69, 9.17) is 5.73 Å². The minimum Gasteiger partial charge on any atom is -0.320 e. The van der Waals surface area contributed by atoms with Crippen LogP contribution in [0.5, 0.6) is 0 Å². The zero-order valence-electron chi connectivity index (χ0n) is 6.64. The Kier molecular flexibility index (Phi) is 2.77. The highest BCUT2D eigenvalue weighted by molar-refractivity contribution is 7.12. The summed E-state index contributed by atoms with van der Waals surface area (Å²) < 4.78 is 36.3. The number of rotatable bonds is 2. The maximum Gasteiger partial charge on any atom is 0.425 e. The first-order valence-electron chi connectivity index (χ1n) is 3.50. The molecule has 0 spiro atoms. The SMILES string of the molecule is C=C[C@H](N)c1ccc(C(F)(F)F)s1. The fourth-order valence-corrected chi connectivity index (χ4v) is 1.67. The quantitative estimate of drug-likeness (QED) is 0.741. The van der Waals surface area contributed by atoms with Crippen molar-refractivity contribution in [2.45, 2.75) is 12.2 Å². The molecule has 0 aliphatic rings. The molecular weight excluding hydrogens is 199 g/mol. The number of halogens is 3. The van der Waals surface area contributed by atoms with Crippen LogP contribution < -0.4 is 5.73 Å². The van der Waals surface area contributed by atoms with Crippen LogP contribution >= 0.6 is 11.3 Å². The van der Waals surface area contributed by atoms with Gasteiger partial charge in [-0.3, -0.25) is 0 Å². The van der Waals surface area contributed by atoms with Crippen LogP contribution in [0.25, 0.3) is 0 Å². The van der Waals surface area contributed by atoms with Gasteiger partial charge in [-0.05, 0) is 12.1 Å². The van der Waals surface area contributed by atoms with E-state index in [0.29, 0.717) is 16.2 Å². The molecular formula is C8H8F3NS. The Hall–Kier alpha value is -0.810. The molecule has 0 saturated heterocycles. The number of hydrogen-bond donors (Lipinski definition) is 1. The number of hydrogen-bond acceptors (Lipinski definition) is 2. The van der Waals surface area contributed by atoms with Crippen LogP contribution in [0.4, 0.5) is 13.2 Å². The molecule has 0 fully saturated rings. The van der Waals surface area contributed by atoms with E-state index >= 15 is 0 Å². The smallest absolute Gasteiger partial charge is 0.320 e. The lowest BCUT2D eigenvalue weighted by Gasteiger charge is -2.02. The fourth-order valence-electron chi connectivity index (χ4n) is 0.800. The zero-order valence-corrected chi connectivity index (χ0v) is 7.45. The zero-order chi connectivity index (χ0) is 10.1. The molecule has 0 aromatic carbocycles. The topological polar surface area (TPSA) is 26.0 Å². The third kappa shape index (κ3) is 2.32. The molecule has 1 aromatic rings. The fraction of sp³-hybridized carbons (Fsp3) is 0.250. The van der Waals surface area contributed by atoms with Crippen LogP contribution in [0, 0.1) is 0 Å². The molecule has 1 aromatic heterocycles. The Morgan fingerprint density at radius 2 is 2.08 bits per heavy atom. The second-order valence-electron chi connectivity index (χ2n) is 2.46. The lowest BCUT2D eigenvalue weighted by molar-refractivity contribution is -0.134. The van der Waals surface area contributed by atoms with E-state index in [9.17, 15) is 13.2 Å². The van der Waals surface area contributed by atoms with Crippen molar-refractivity contribution in [1.82, 2.24) is 0 Å². The van der Waals surface area contributed by atoms with Crippen LogP contribution in [0.15, 0.2) is 24.8 Å². The molecule has 1 rings (SSSR count). The number of nitrogens with two attached hydrogens (primary N) is 1. The molecule has 2 N–H and O–H groups in total. The van der Waals surface area contributed by atoms with Crippen molar-refractivity contribution in [3.63, 3.8) is 0 Å². The first kappa shape index (κ1) is 10.3. The van der Waals surface area contributed by atoms with E-state index in [1.165, 1.54) is 12.1 Å². The van der Waals surface area contributed by atoms with E-state index in [-0.39, 0.29) is 0 Å². The van der Waals surface area contributed by atoms with Gasteiger partial charge in [0, 0.05) is 4.88 Å². The first-order valence-corrected chi connectivity index (χ1v) is 4.32. The molecule has 13 heavy (non-hydrogen) atoms. The monoisotopic (exact) mass is 207 g/mol. The third-order valence-electron chi connectivity index (χ3n) is 1.49. The highest BCUT2D eigenvalue weighted by atomic mass is 32.1. The van der Waals surface area contributed by atoms with Crippen LogP contribution in [-0.4, -0.2) is 0 Å². The highest BCUT2D eigenvalue weighted by Crippen LogP contribution is 2.36. The van der Waals surface area contributed by atoms with Crippen molar-refractivity contribution < 1.29 is 13.2 Å². The van der Waals surface area contributed by atoms with E-state index < -0.39 is 17.1 Å². The molecule has 0 amide bonds. The van der Waals surface area contributed by atoms with Gasteiger partial charge in [-0.25, -0.2) is 0 Å². The standard InChI is InChI=1S/C8H8F3NS/c1-2-5(12)6-3-4-7(13-6)8(9,10)11/h2-5H,1,12H2/t5-/m0/s1. The summed E-state index contributed by atoms with van der Waals surface area (Å²) in [5.41, 5.74) is 5.48. The Balaban J connectivity index is 2.93. The second-order valence-corrected chi connectivity index (χ2v) is 3.58. The van der Waals surface area contributed by atoms with Gasteiger partial charge < -0.3 is 5.73 Å². The van der Waals surface area contributed by atoms with Gasteiger partial charge in [0.15, 0.2) is 0 Å². The summed E-state index contributed by atoms with van der Waals surface area (Å²) in [5, 5.41) is 0. The summed E-state index contributed by atoms with van der Waals surface area (Å²) in [5.74, 6) is 0. The molecule has 0 bridgehead atoms. The summed E-state index contributed by atoms with van der Waals surface area (Å²) in [7, 11) is 0. The van der Waals surface area contributed by atoms with Crippen molar-refractivity contribution in [2.75, 3.05) is 0 Å². The Labute approximate surface area is 77.7 Å². The largest absolute Gasteiger partial charge is 0.425 e. The maximum absolute atomic E-state index is 12.1. The van der Waals surface area contributed by atoms with Crippen molar-refractivity contribution >= 4 is 11.3 Å². The van der Waals surface area contributed by atoms with Gasteiger partial charge in [-0.2, -0.15) is 13.2 Å². The summed E-state index contributed by atoms with van der Waals surface area (Å²) >= 11 is 0.651. The lowest BCUT2D eigenvalue weighted by Crippen LogP contribution is -2.04. The molecule has 5 heteroatoms. The van der Waals surface area contributed by atoms with Gasteiger partial charge in [-0.1, -0.05) is 6.08 Å². The van der Waals surface area contributed by atoms with Crippen molar-refractivity contribution in [3.8, 4) is 0 Å². The molecule has 0 unspecified atom stereocenters. The van der Waals surface area contributed by atoms with Crippen LogP contribution in [-0.2, 0) is 6.18 Å². The van der Waals surface area contributed by atoms with Crippen molar-refractivity contribution in [2.24, 2.45) is 5.73 Å². The van der Waals surface area contributed by atoms with Crippen LogP contribution in [0.3, 0.4) is 0 Å². The Morgan fingerprint density at radius 1 is 1.46 bits per heavy atom. The minimum atomic E-state index is -4.27. The lowest BCUT2D eigenvalue weighted by atomic mass is 10.2. The summed E-state index contributed by atoms with van der Waals surface area (Å²) in [6, 6.07) is 1.89. The molecule has 0 aliphatic carbocycles. The molecule has 1 heterocycles. The second kappa shape index (κ2) is 3.51. The Morgan fingerprint density at radius 3 is 2.46 bits per heavy atom. The maximum atomic E-state index is 12.1. The highest BCUT2D eigenvalue weighted by Gasteiger charge is 2.32. The molecule has 72 valence electrons. The van der Waals surface area contributed by atoms with E-state index in [1.54, 1.807) is 0 Å². The van der Waals surface area contributed by atoms with E-state index in [1.807, 2.05) is 0 Å². The van der Waals surface area contributed by atoms with Crippen LogP contribution in [0.1, 0.15) is 15.8 Å². The van der Waals surface area contributed by atoms with Gasteiger partial charge in [0.2, 0.25) is 0 Å². The van der Waals surface area contributed by atoms with Gasteiger partial charge in [-0.15, -0.1) is 17.9 Å². The van der Waals surface area contributed by atoms with Crippen molar-refractivity contribution in [3.05, 3.63) is 34.5 Å². The van der Waals surface area contributed by atoms with Gasteiger partial charge in [0.25, 0.3) is 0 Å². The average molecular weight is 207 g/mol. The number of alkyl halides is 3. The van der Waals surface area contributed by atoms with E-state index in [2.05, 4.69) is 6.58 Å². The summed E-state index contributed by atoms with van der Waals surface area (Å²) in [6.07, 6.45) is -2.87. The van der Waals surface area contributed by atoms with Gasteiger partial charge >= 0.3 is 6.18 Å². The predicted molar refractivity (Wildman–Crippen MR) is 46.4 cm³/mol. The first-order chi connectivity index (χ1) is 5.95. The molecule has 0 radical (unpaired) electrons. The molecule has 0 saturated carbocycles. The normalized spacial score (nSPS) is 14.2. The van der Waals surface area contributed by atoms with Crippen LogP contribution in [0.2, 0.25) is 0 Å². The van der Waals surface area contributed by atoms with Gasteiger partial charge in [0.05, 0.1) is 6.04 Å². The number of thiophene rings is 1. The summed E-state index contributed by atoms with van der Waals surface area (Å²) in [6.45, 7) is 3.41. The average Bonchev–Trinajstić information content (AvgIpc) is 2.50. The van der Waals surface area contributed by atoms with Gasteiger partial charge in [0.1, 0.15) is 4.88 Å². The van der Waals surface area contributed by atoms with Crippen molar-refractivity contribution in [1.29, 1.82) is 0 Å². The summed E-state index contributed by atoms with van der Waals surface area (Å²) in [4.78, 5) is -0.151. The third-order valence-corrected chi connectivity index (χ3v) is 2.72.